The van der Waals surface area contributed by atoms with Crippen LogP contribution in [0.1, 0.15) is 54.1 Å². The molecule has 0 unspecified atom stereocenters. The van der Waals surface area contributed by atoms with E-state index in [2.05, 4.69) is 10.2 Å². The summed E-state index contributed by atoms with van der Waals surface area (Å²) in [6.07, 6.45) is 0.913. The predicted molar refractivity (Wildman–Crippen MR) is 167 cm³/mol. The van der Waals surface area contributed by atoms with Crippen molar-refractivity contribution in [3.05, 3.63) is 82.0 Å². The number of carbonyl (C=O) groups is 1. The molecule has 3 aromatic carbocycles. The average Bonchev–Trinajstić information content (AvgIpc) is 3.55. The number of benzene rings is 3. The molecule has 1 aliphatic rings. The van der Waals surface area contributed by atoms with Crippen LogP contribution in [-0.4, -0.2) is 46.5 Å². The first-order valence-corrected chi connectivity index (χ1v) is 15.4. The van der Waals surface area contributed by atoms with Crippen molar-refractivity contribution in [1.29, 1.82) is 0 Å². The van der Waals surface area contributed by atoms with Gasteiger partial charge in [0, 0.05) is 34.9 Å². The predicted octanol–water partition coefficient (Wildman–Crippen LogP) is 8.28. The summed E-state index contributed by atoms with van der Waals surface area (Å²) in [4.78, 5) is 13.6. The normalized spacial score (nSPS) is 14.7. The van der Waals surface area contributed by atoms with E-state index in [-0.39, 0.29) is 31.3 Å². The Morgan fingerprint density at radius 2 is 1.96 bits per heavy atom. The second-order valence-electron chi connectivity index (χ2n) is 11.1. The molecule has 0 fully saturated rings. The minimum Gasteiger partial charge on any atom is -0.493 e. The van der Waals surface area contributed by atoms with Crippen molar-refractivity contribution in [2.24, 2.45) is 0 Å². The maximum absolute atomic E-state index is 15.1. The van der Waals surface area contributed by atoms with Crippen molar-refractivity contribution in [3.63, 3.8) is 0 Å². The van der Waals surface area contributed by atoms with Crippen LogP contribution in [0.25, 0.3) is 32.8 Å². The number of nitrogens with one attached hydrogen (secondary N) is 1. The SMILES string of the molecule is CCOC(=O)c1c(CCCOc2cccc3cc(F)ccc23)c2ccc(Cl)c3c2n1CCC(F)(F)COCc1[nH]nc(CC)c1-3. The molecule has 0 saturated carbocycles. The summed E-state index contributed by atoms with van der Waals surface area (Å²) in [7, 11) is 0. The number of hydrogen-bond acceptors (Lipinski definition) is 5. The first kappa shape index (κ1) is 31.0. The van der Waals surface area contributed by atoms with Gasteiger partial charge in [-0.1, -0.05) is 36.7 Å². The van der Waals surface area contributed by atoms with Gasteiger partial charge in [0.1, 0.15) is 23.9 Å². The number of aryl methyl sites for hydroxylation is 3. The Balaban J connectivity index is 1.46. The third-order valence-electron chi connectivity index (χ3n) is 8.14. The van der Waals surface area contributed by atoms with Gasteiger partial charge in [-0.15, -0.1) is 0 Å². The fourth-order valence-electron chi connectivity index (χ4n) is 6.15. The van der Waals surface area contributed by atoms with Crippen LogP contribution in [0, 0.1) is 5.82 Å². The summed E-state index contributed by atoms with van der Waals surface area (Å²) in [6.45, 7) is 3.04. The van der Waals surface area contributed by atoms with E-state index >= 15 is 8.78 Å². The van der Waals surface area contributed by atoms with Gasteiger partial charge in [-0.2, -0.15) is 5.10 Å². The van der Waals surface area contributed by atoms with E-state index in [0.29, 0.717) is 70.2 Å². The van der Waals surface area contributed by atoms with E-state index in [0.717, 1.165) is 16.2 Å². The number of carbonyl (C=O) groups excluding carboxylic acids is 1. The first-order valence-electron chi connectivity index (χ1n) is 15.1. The zero-order valence-corrected chi connectivity index (χ0v) is 25.8. The molecule has 6 rings (SSSR count). The van der Waals surface area contributed by atoms with Gasteiger partial charge in [0.15, 0.2) is 0 Å². The molecular weight excluding hydrogens is 607 g/mol. The summed E-state index contributed by atoms with van der Waals surface area (Å²) in [5.74, 6) is -3.45. The lowest BCUT2D eigenvalue weighted by atomic mass is 9.97. The topological polar surface area (TPSA) is 78.4 Å². The van der Waals surface area contributed by atoms with Gasteiger partial charge in [0.05, 0.1) is 41.7 Å². The molecule has 1 aliphatic heterocycles. The lowest BCUT2D eigenvalue weighted by Gasteiger charge is -2.18. The van der Waals surface area contributed by atoms with Gasteiger partial charge in [0.25, 0.3) is 5.92 Å². The molecule has 1 N–H and O–H groups in total. The average molecular weight is 640 g/mol. The van der Waals surface area contributed by atoms with Crippen LogP contribution in [0.3, 0.4) is 0 Å². The molecule has 0 saturated heterocycles. The second-order valence-corrected chi connectivity index (χ2v) is 11.5. The highest BCUT2D eigenvalue weighted by Gasteiger charge is 2.34. The molecule has 2 aromatic heterocycles. The van der Waals surface area contributed by atoms with Crippen molar-refractivity contribution in [2.45, 2.75) is 58.6 Å². The highest BCUT2D eigenvalue weighted by Crippen LogP contribution is 2.43. The van der Waals surface area contributed by atoms with Crippen molar-refractivity contribution in [3.8, 4) is 16.9 Å². The van der Waals surface area contributed by atoms with E-state index < -0.39 is 24.9 Å². The van der Waals surface area contributed by atoms with Crippen LogP contribution in [-0.2, 0) is 35.5 Å². The highest BCUT2D eigenvalue weighted by molar-refractivity contribution is 6.35. The number of halogens is 4. The summed E-state index contributed by atoms with van der Waals surface area (Å²) in [6, 6.07) is 13.6. The van der Waals surface area contributed by atoms with Gasteiger partial charge < -0.3 is 18.8 Å². The molecule has 7 nitrogen and oxygen atoms in total. The largest absolute Gasteiger partial charge is 0.493 e. The number of esters is 1. The third-order valence-corrected chi connectivity index (χ3v) is 8.45. The number of nitrogens with zero attached hydrogens (tertiary/aromatic N) is 2. The fraction of sp³-hybridized carbons (Fsp3) is 0.353. The molecule has 0 atom stereocenters. The van der Waals surface area contributed by atoms with Crippen LogP contribution in [0.4, 0.5) is 13.2 Å². The summed E-state index contributed by atoms with van der Waals surface area (Å²) in [5.41, 5.74) is 4.01. The molecule has 0 spiro atoms. The number of ether oxygens (including phenoxy) is 3. The van der Waals surface area contributed by atoms with Gasteiger partial charge in [-0.25, -0.2) is 18.0 Å². The Bertz CT molecular complexity index is 1880. The second kappa shape index (κ2) is 12.8. The summed E-state index contributed by atoms with van der Waals surface area (Å²) >= 11 is 6.89. The quantitative estimate of drug-likeness (QED) is 0.137. The van der Waals surface area contributed by atoms with E-state index in [9.17, 15) is 9.18 Å². The molecule has 3 heterocycles. The summed E-state index contributed by atoms with van der Waals surface area (Å²) < 4.78 is 62.6. The van der Waals surface area contributed by atoms with Crippen molar-refractivity contribution < 1.29 is 32.2 Å². The molecule has 0 bridgehead atoms. The molecule has 5 aromatic rings. The zero-order valence-electron chi connectivity index (χ0n) is 25.0. The van der Waals surface area contributed by atoms with E-state index in [4.69, 9.17) is 25.8 Å². The number of alkyl halides is 2. The highest BCUT2D eigenvalue weighted by atomic mass is 35.5. The monoisotopic (exact) mass is 639 g/mol. The van der Waals surface area contributed by atoms with Gasteiger partial charge >= 0.3 is 5.97 Å². The molecule has 0 amide bonds. The van der Waals surface area contributed by atoms with Crippen LogP contribution in [0.2, 0.25) is 5.02 Å². The molecular formula is C34H33ClF3N3O4. The Hall–Kier alpha value is -4.02. The van der Waals surface area contributed by atoms with Gasteiger partial charge in [0.2, 0.25) is 0 Å². The molecule has 0 aliphatic carbocycles. The lowest BCUT2D eigenvalue weighted by Crippen LogP contribution is -2.26. The fourth-order valence-corrected chi connectivity index (χ4v) is 6.40. The van der Waals surface area contributed by atoms with Crippen LogP contribution < -0.4 is 4.74 Å². The number of hydrogen-bond donors (Lipinski definition) is 1. The number of fused-ring (bicyclic) bond motifs is 3. The minimum absolute atomic E-state index is 0.0961. The van der Waals surface area contributed by atoms with E-state index in [1.165, 1.54) is 12.1 Å². The third kappa shape index (κ3) is 6.01. The van der Waals surface area contributed by atoms with E-state index in [1.807, 2.05) is 25.1 Å². The number of H-pyrrole nitrogens is 1. The zero-order chi connectivity index (χ0) is 31.7. The Morgan fingerprint density at radius 3 is 2.76 bits per heavy atom. The van der Waals surface area contributed by atoms with Crippen LogP contribution in [0.15, 0.2) is 48.5 Å². The van der Waals surface area contributed by atoms with Gasteiger partial charge in [-0.3, -0.25) is 5.10 Å². The van der Waals surface area contributed by atoms with E-state index in [1.54, 1.807) is 29.7 Å². The Kier molecular flexibility index (Phi) is 8.79. The Morgan fingerprint density at radius 1 is 1.13 bits per heavy atom. The number of aromatic amines is 1. The molecule has 236 valence electrons. The van der Waals surface area contributed by atoms with Crippen molar-refractivity contribution in [1.82, 2.24) is 14.8 Å². The number of rotatable bonds is 8. The maximum atomic E-state index is 15.1. The van der Waals surface area contributed by atoms with Gasteiger partial charge in [-0.05, 0) is 67.5 Å². The van der Waals surface area contributed by atoms with Crippen molar-refractivity contribution in [2.75, 3.05) is 19.8 Å². The lowest BCUT2D eigenvalue weighted by molar-refractivity contribution is -0.0890. The van der Waals surface area contributed by atoms with Crippen molar-refractivity contribution >= 4 is 39.2 Å². The summed E-state index contributed by atoms with van der Waals surface area (Å²) in [5, 5.41) is 10.0. The molecule has 0 radical (unpaired) electrons. The maximum Gasteiger partial charge on any atom is 0.355 e. The molecule has 45 heavy (non-hydrogen) atoms. The number of aromatic nitrogens is 3. The molecule has 11 heteroatoms. The van der Waals surface area contributed by atoms with Crippen LogP contribution >= 0.6 is 11.6 Å². The standard InChI is InChI=1S/C34H33ClF3N3O4/c1-3-26-30-27(40-39-26)18-43-19-34(37,38)14-15-41-31-24(12-13-25(35)29(30)31)23(32(41)33(42)44-4-2)8-6-16-45-28-9-5-7-20-17-21(36)10-11-22(20)28/h5,7,9-13,17H,3-4,6,8,14-16,18-19H2,1-2H3,(H,39,40). The van der Waals surface area contributed by atoms with Crippen LogP contribution in [0.5, 0.6) is 5.75 Å². The minimum atomic E-state index is -3.14. The first-order chi connectivity index (χ1) is 21.7. The Labute approximate surface area is 263 Å². The smallest absolute Gasteiger partial charge is 0.355 e.